The molecule has 2 aromatic rings. The van der Waals surface area contributed by atoms with Gasteiger partial charge in [-0.2, -0.15) is 0 Å². The van der Waals surface area contributed by atoms with Crippen LogP contribution in [0.1, 0.15) is 10.4 Å². The van der Waals surface area contributed by atoms with E-state index in [2.05, 4.69) is 5.32 Å². The van der Waals surface area contributed by atoms with Crippen LogP contribution in [0.4, 0.5) is 14.5 Å². The second-order valence-corrected chi connectivity index (χ2v) is 5.22. The SMILES string of the molecule is O=C(COC(=O)c1ccc(F)cc1Cl)Nc1cc(Cl)ccc1F. The maximum atomic E-state index is 13.5. The third-order valence-electron chi connectivity index (χ3n) is 2.69. The highest BCUT2D eigenvalue weighted by Crippen LogP contribution is 2.20. The second kappa shape index (κ2) is 7.39. The number of hydrogen-bond acceptors (Lipinski definition) is 3. The maximum Gasteiger partial charge on any atom is 0.340 e. The lowest BCUT2D eigenvalue weighted by atomic mass is 10.2. The fraction of sp³-hybridized carbons (Fsp3) is 0.0667. The van der Waals surface area contributed by atoms with Gasteiger partial charge in [-0.25, -0.2) is 13.6 Å². The molecule has 0 aliphatic carbocycles. The van der Waals surface area contributed by atoms with Crippen LogP contribution in [0.2, 0.25) is 10.0 Å². The molecule has 2 aromatic carbocycles. The standard InChI is InChI=1S/C15H9Cl2F2NO3/c16-8-1-4-12(19)13(5-8)20-14(21)7-23-15(22)10-3-2-9(18)6-11(10)17/h1-6H,7H2,(H,20,21). The smallest absolute Gasteiger partial charge is 0.340 e. The summed E-state index contributed by atoms with van der Waals surface area (Å²) in [5.41, 5.74) is -0.229. The van der Waals surface area contributed by atoms with Gasteiger partial charge in [0.15, 0.2) is 6.61 Å². The van der Waals surface area contributed by atoms with Gasteiger partial charge in [0.1, 0.15) is 11.6 Å². The fourth-order valence-electron chi connectivity index (χ4n) is 1.64. The van der Waals surface area contributed by atoms with Crippen LogP contribution < -0.4 is 5.32 Å². The summed E-state index contributed by atoms with van der Waals surface area (Å²) in [5, 5.41) is 2.30. The Bertz CT molecular complexity index is 768. The molecule has 23 heavy (non-hydrogen) atoms. The first-order valence-corrected chi connectivity index (χ1v) is 6.99. The van der Waals surface area contributed by atoms with E-state index in [9.17, 15) is 18.4 Å². The molecule has 0 aliphatic rings. The molecule has 1 amide bonds. The van der Waals surface area contributed by atoms with Crippen molar-refractivity contribution in [3.8, 4) is 0 Å². The number of ether oxygens (including phenoxy) is 1. The number of anilines is 1. The average Bonchev–Trinajstić information content (AvgIpc) is 2.48. The van der Waals surface area contributed by atoms with Crippen molar-refractivity contribution in [3.63, 3.8) is 0 Å². The molecule has 8 heteroatoms. The third-order valence-corrected chi connectivity index (χ3v) is 3.24. The zero-order valence-corrected chi connectivity index (χ0v) is 12.9. The Kier molecular flexibility index (Phi) is 5.52. The Morgan fingerprint density at radius 1 is 1.09 bits per heavy atom. The first kappa shape index (κ1) is 17.2. The molecular weight excluding hydrogens is 351 g/mol. The van der Waals surface area contributed by atoms with Gasteiger partial charge in [0.05, 0.1) is 16.3 Å². The highest BCUT2D eigenvalue weighted by atomic mass is 35.5. The predicted octanol–water partition coefficient (Wildman–Crippen LogP) is 4.07. The van der Waals surface area contributed by atoms with Crippen molar-refractivity contribution >= 4 is 40.8 Å². The summed E-state index contributed by atoms with van der Waals surface area (Å²) in [4.78, 5) is 23.4. The highest BCUT2D eigenvalue weighted by Gasteiger charge is 2.15. The maximum absolute atomic E-state index is 13.5. The van der Waals surface area contributed by atoms with E-state index in [1.807, 2.05) is 0 Å². The number of rotatable bonds is 4. The molecule has 2 rings (SSSR count). The molecule has 4 nitrogen and oxygen atoms in total. The lowest BCUT2D eigenvalue weighted by Gasteiger charge is -2.08. The molecule has 0 heterocycles. The lowest BCUT2D eigenvalue weighted by Crippen LogP contribution is -2.21. The Morgan fingerprint density at radius 2 is 1.83 bits per heavy atom. The molecule has 0 fully saturated rings. The summed E-state index contributed by atoms with van der Waals surface area (Å²) < 4.78 is 31.1. The third kappa shape index (κ3) is 4.64. The molecule has 0 aromatic heterocycles. The van der Waals surface area contributed by atoms with Gasteiger partial charge in [-0.05, 0) is 36.4 Å². The molecule has 120 valence electrons. The van der Waals surface area contributed by atoms with Crippen molar-refractivity contribution in [2.75, 3.05) is 11.9 Å². The molecule has 0 bridgehead atoms. The molecule has 1 N–H and O–H groups in total. The Balaban J connectivity index is 1.96. The van der Waals surface area contributed by atoms with Crippen LogP contribution in [0.15, 0.2) is 36.4 Å². The molecule has 0 radical (unpaired) electrons. The van der Waals surface area contributed by atoms with Gasteiger partial charge in [-0.3, -0.25) is 4.79 Å². The minimum Gasteiger partial charge on any atom is -0.452 e. The topological polar surface area (TPSA) is 55.4 Å². The molecule has 0 spiro atoms. The predicted molar refractivity (Wildman–Crippen MR) is 81.7 cm³/mol. The van der Waals surface area contributed by atoms with Gasteiger partial charge in [0, 0.05) is 5.02 Å². The lowest BCUT2D eigenvalue weighted by molar-refractivity contribution is -0.119. The first-order chi connectivity index (χ1) is 10.9. The van der Waals surface area contributed by atoms with Crippen molar-refractivity contribution in [2.24, 2.45) is 0 Å². The van der Waals surface area contributed by atoms with Crippen LogP contribution in [0, 0.1) is 11.6 Å². The average molecular weight is 360 g/mol. The largest absolute Gasteiger partial charge is 0.452 e. The van der Waals surface area contributed by atoms with E-state index in [-0.39, 0.29) is 21.3 Å². The minimum absolute atomic E-state index is 0.0881. The van der Waals surface area contributed by atoms with Gasteiger partial charge in [-0.1, -0.05) is 23.2 Å². The molecule has 0 saturated heterocycles. The first-order valence-electron chi connectivity index (χ1n) is 6.24. The van der Waals surface area contributed by atoms with Crippen molar-refractivity contribution in [2.45, 2.75) is 0 Å². The van der Waals surface area contributed by atoms with Crippen molar-refractivity contribution < 1.29 is 23.1 Å². The van der Waals surface area contributed by atoms with E-state index in [0.29, 0.717) is 0 Å². The van der Waals surface area contributed by atoms with Crippen LogP contribution in [0.3, 0.4) is 0 Å². The van der Waals surface area contributed by atoms with Crippen LogP contribution in [0.25, 0.3) is 0 Å². The zero-order chi connectivity index (χ0) is 17.0. The molecule has 0 aliphatic heterocycles. The number of nitrogens with one attached hydrogen (secondary N) is 1. The van der Waals surface area contributed by atoms with Crippen molar-refractivity contribution in [3.05, 3.63) is 63.6 Å². The second-order valence-electron chi connectivity index (χ2n) is 4.37. The van der Waals surface area contributed by atoms with E-state index in [0.717, 1.165) is 24.3 Å². The number of benzene rings is 2. The molecule has 0 saturated carbocycles. The van der Waals surface area contributed by atoms with Gasteiger partial charge in [0.25, 0.3) is 5.91 Å². The van der Waals surface area contributed by atoms with E-state index < -0.39 is 30.1 Å². The van der Waals surface area contributed by atoms with Crippen LogP contribution in [0.5, 0.6) is 0 Å². The van der Waals surface area contributed by atoms with Crippen molar-refractivity contribution in [1.29, 1.82) is 0 Å². The Labute approximate surface area is 140 Å². The summed E-state index contributed by atoms with van der Waals surface area (Å²) in [6.07, 6.45) is 0. The normalized spacial score (nSPS) is 10.3. The number of hydrogen-bond donors (Lipinski definition) is 1. The number of amides is 1. The van der Waals surface area contributed by atoms with Crippen LogP contribution in [-0.4, -0.2) is 18.5 Å². The summed E-state index contributed by atoms with van der Waals surface area (Å²) >= 11 is 11.4. The number of carbonyl (C=O) groups is 2. The van der Waals surface area contributed by atoms with E-state index in [1.165, 1.54) is 12.1 Å². The van der Waals surface area contributed by atoms with Gasteiger partial charge < -0.3 is 10.1 Å². The summed E-state index contributed by atoms with van der Waals surface area (Å²) in [6, 6.07) is 6.73. The number of esters is 1. The quantitative estimate of drug-likeness (QED) is 0.837. The number of carbonyl (C=O) groups excluding carboxylic acids is 2. The zero-order valence-electron chi connectivity index (χ0n) is 11.4. The van der Waals surface area contributed by atoms with E-state index in [4.69, 9.17) is 27.9 Å². The van der Waals surface area contributed by atoms with Gasteiger partial charge in [-0.15, -0.1) is 0 Å². The van der Waals surface area contributed by atoms with Gasteiger partial charge >= 0.3 is 5.97 Å². The monoisotopic (exact) mass is 359 g/mol. The number of halogens is 4. The fourth-order valence-corrected chi connectivity index (χ4v) is 2.06. The summed E-state index contributed by atoms with van der Waals surface area (Å²) in [5.74, 6) is -2.97. The van der Waals surface area contributed by atoms with E-state index >= 15 is 0 Å². The Morgan fingerprint density at radius 3 is 2.52 bits per heavy atom. The van der Waals surface area contributed by atoms with Crippen molar-refractivity contribution in [1.82, 2.24) is 0 Å². The summed E-state index contributed by atoms with van der Waals surface area (Å²) in [7, 11) is 0. The molecule has 0 atom stereocenters. The molecular formula is C15H9Cl2F2NO3. The highest BCUT2D eigenvalue weighted by molar-refractivity contribution is 6.33. The van der Waals surface area contributed by atoms with E-state index in [1.54, 1.807) is 0 Å². The van der Waals surface area contributed by atoms with Crippen LogP contribution >= 0.6 is 23.2 Å². The van der Waals surface area contributed by atoms with Gasteiger partial charge in [0.2, 0.25) is 0 Å². The Hall–Kier alpha value is -2.18. The molecule has 0 unspecified atom stereocenters. The minimum atomic E-state index is -0.906. The van der Waals surface area contributed by atoms with Crippen LogP contribution in [-0.2, 0) is 9.53 Å². The summed E-state index contributed by atoms with van der Waals surface area (Å²) in [6.45, 7) is -0.668.